The van der Waals surface area contributed by atoms with Gasteiger partial charge in [0.25, 0.3) is 10.0 Å². The third kappa shape index (κ3) is 4.88. The molecule has 1 saturated heterocycles. The van der Waals surface area contributed by atoms with Gasteiger partial charge in [0.15, 0.2) is 0 Å². The predicted molar refractivity (Wildman–Crippen MR) is 117 cm³/mol. The summed E-state index contributed by atoms with van der Waals surface area (Å²) in [5, 5.41) is 2.72. The monoisotopic (exact) mass is 481 g/mol. The van der Waals surface area contributed by atoms with Crippen LogP contribution in [0.1, 0.15) is 19.3 Å². The lowest BCUT2D eigenvalue weighted by Crippen LogP contribution is -2.33. The highest BCUT2D eigenvalue weighted by atomic mass is 32.2. The van der Waals surface area contributed by atoms with E-state index in [-0.39, 0.29) is 28.8 Å². The second kappa shape index (κ2) is 9.07. The molecule has 2 heterocycles. The van der Waals surface area contributed by atoms with Gasteiger partial charge in [0, 0.05) is 36.2 Å². The van der Waals surface area contributed by atoms with E-state index in [0.29, 0.717) is 35.5 Å². The fourth-order valence-electron chi connectivity index (χ4n) is 3.63. The SMILES string of the molecule is O=C1Nc2cc(S(=O)(=O)Nc3ccc(F)cc3F)ccc2SCC1CC(=O)N1CCCC1. The number of halogens is 2. The number of rotatable bonds is 5. The molecule has 1 unspecified atom stereocenters. The smallest absolute Gasteiger partial charge is 0.262 e. The number of likely N-dealkylation sites (tertiary alicyclic amines) is 1. The highest BCUT2D eigenvalue weighted by molar-refractivity contribution is 7.99. The lowest BCUT2D eigenvalue weighted by molar-refractivity contribution is -0.133. The van der Waals surface area contributed by atoms with Crippen LogP contribution in [0.2, 0.25) is 0 Å². The first kappa shape index (κ1) is 22.5. The average Bonchev–Trinajstić information content (AvgIpc) is 3.23. The number of thioether (sulfide) groups is 1. The third-order valence-electron chi connectivity index (χ3n) is 5.39. The molecule has 32 heavy (non-hydrogen) atoms. The number of nitrogens with one attached hydrogen (secondary N) is 2. The molecule has 2 N–H and O–H groups in total. The lowest BCUT2D eigenvalue weighted by Gasteiger charge is -2.18. The minimum absolute atomic E-state index is 0.0528. The van der Waals surface area contributed by atoms with Gasteiger partial charge in [0.1, 0.15) is 11.6 Å². The van der Waals surface area contributed by atoms with E-state index < -0.39 is 27.6 Å². The van der Waals surface area contributed by atoms with E-state index in [1.807, 2.05) is 0 Å². The Labute approximate surface area is 188 Å². The van der Waals surface area contributed by atoms with Crippen molar-refractivity contribution in [2.24, 2.45) is 5.92 Å². The van der Waals surface area contributed by atoms with Crippen LogP contribution in [0.3, 0.4) is 0 Å². The Bertz CT molecular complexity index is 1170. The number of carbonyl (C=O) groups is 2. The normalized spacial score (nSPS) is 18.6. The van der Waals surface area contributed by atoms with Crippen LogP contribution in [0.25, 0.3) is 0 Å². The number of benzene rings is 2. The van der Waals surface area contributed by atoms with Gasteiger partial charge in [-0.15, -0.1) is 11.8 Å². The summed E-state index contributed by atoms with van der Waals surface area (Å²) in [5.41, 5.74) is -0.0844. The Balaban J connectivity index is 1.50. The van der Waals surface area contributed by atoms with Crippen LogP contribution in [0.5, 0.6) is 0 Å². The van der Waals surface area contributed by atoms with E-state index in [9.17, 15) is 26.8 Å². The molecule has 2 aliphatic rings. The van der Waals surface area contributed by atoms with Crippen LogP contribution in [0.15, 0.2) is 46.2 Å². The molecule has 7 nitrogen and oxygen atoms in total. The number of hydrogen-bond acceptors (Lipinski definition) is 5. The molecule has 0 bridgehead atoms. The second-order valence-corrected chi connectivity index (χ2v) is 10.4. The zero-order chi connectivity index (χ0) is 22.9. The first-order chi connectivity index (χ1) is 15.2. The quantitative estimate of drug-likeness (QED) is 0.682. The van der Waals surface area contributed by atoms with Gasteiger partial charge < -0.3 is 10.2 Å². The minimum Gasteiger partial charge on any atom is -0.343 e. The topological polar surface area (TPSA) is 95.6 Å². The summed E-state index contributed by atoms with van der Waals surface area (Å²) in [6, 6.07) is 6.70. The van der Waals surface area contributed by atoms with Gasteiger partial charge in [-0.05, 0) is 43.2 Å². The summed E-state index contributed by atoms with van der Waals surface area (Å²) in [5.74, 6) is -2.42. The van der Waals surface area contributed by atoms with Crippen molar-refractivity contribution in [1.29, 1.82) is 0 Å². The Kier molecular flexibility index (Phi) is 6.38. The zero-order valence-corrected chi connectivity index (χ0v) is 18.6. The fourth-order valence-corrected chi connectivity index (χ4v) is 5.81. The Hall–Kier alpha value is -2.66. The molecule has 0 saturated carbocycles. The van der Waals surface area contributed by atoms with Crippen LogP contribution in [-0.4, -0.2) is 44.0 Å². The first-order valence-electron chi connectivity index (χ1n) is 10.1. The van der Waals surface area contributed by atoms with Crippen molar-refractivity contribution in [3.05, 3.63) is 48.0 Å². The van der Waals surface area contributed by atoms with Crippen LogP contribution in [0.4, 0.5) is 20.2 Å². The van der Waals surface area contributed by atoms with Gasteiger partial charge in [-0.1, -0.05) is 0 Å². The highest BCUT2D eigenvalue weighted by Crippen LogP contribution is 2.35. The number of anilines is 2. The molecular formula is C21H21F2N3O4S2. The molecule has 2 amide bonds. The first-order valence-corrected chi connectivity index (χ1v) is 12.5. The third-order valence-corrected chi connectivity index (χ3v) is 7.98. The highest BCUT2D eigenvalue weighted by Gasteiger charge is 2.30. The molecule has 4 rings (SSSR count). The van der Waals surface area contributed by atoms with E-state index in [4.69, 9.17) is 0 Å². The maximum absolute atomic E-state index is 13.9. The fraction of sp³-hybridized carbons (Fsp3) is 0.333. The van der Waals surface area contributed by atoms with E-state index in [0.717, 1.165) is 25.0 Å². The van der Waals surface area contributed by atoms with Crippen LogP contribution in [-0.2, 0) is 19.6 Å². The molecular weight excluding hydrogens is 460 g/mol. The molecule has 2 aromatic carbocycles. The summed E-state index contributed by atoms with van der Waals surface area (Å²) in [4.78, 5) is 27.4. The molecule has 11 heteroatoms. The van der Waals surface area contributed by atoms with Crippen molar-refractivity contribution in [1.82, 2.24) is 4.90 Å². The van der Waals surface area contributed by atoms with Crippen molar-refractivity contribution < 1.29 is 26.8 Å². The Morgan fingerprint density at radius 1 is 1.16 bits per heavy atom. The summed E-state index contributed by atoms with van der Waals surface area (Å²) >= 11 is 1.36. The second-order valence-electron chi connectivity index (χ2n) is 7.68. The van der Waals surface area contributed by atoms with Crippen LogP contribution < -0.4 is 10.0 Å². The van der Waals surface area contributed by atoms with Crippen LogP contribution in [0, 0.1) is 17.6 Å². The van der Waals surface area contributed by atoms with Gasteiger partial charge in [-0.25, -0.2) is 17.2 Å². The number of amides is 2. The summed E-state index contributed by atoms with van der Waals surface area (Å²) in [7, 11) is -4.19. The van der Waals surface area contributed by atoms with Gasteiger partial charge in [0.05, 0.1) is 22.2 Å². The van der Waals surface area contributed by atoms with Crippen molar-refractivity contribution in [2.75, 3.05) is 28.9 Å². The van der Waals surface area contributed by atoms with Gasteiger partial charge >= 0.3 is 0 Å². The van der Waals surface area contributed by atoms with E-state index in [1.165, 1.54) is 23.9 Å². The van der Waals surface area contributed by atoms with Gasteiger partial charge in [-0.3, -0.25) is 14.3 Å². The Morgan fingerprint density at radius 2 is 1.91 bits per heavy atom. The largest absolute Gasteiger partial charge is 0.343 e. The molecule has 1 fully saturated rings. The number of hydrogen-bond donors (Lipinski definition) is 2. The number of sulfonamides is 1. The maximum atomic E-state index is 13.9. The summed E-state index contributed by atoms with van der Waals surface area (Å²) < 4.78 is 54.5. The Morgan fingerprint density at radius 3 is 2.62 bits per heavy atom. The number of nitrogens with zero attached hydrogens (tertiary/aromatic N) is 1. The number of carbonyl (C=O) groups excluding carboxylic acids is 2. The van der Waals surface area contributed by atoms with Gasteiger partial charge in [-0.2, -0.15) is 0 Å². The molecule has 1 atom stereocenters. The minimum atomic E-state index is -4.19. The molecule has 0 spiro atoms. The van der Waals surface area contributed by atoms with Crippen molar-refractivity contribution in [3.63, 3.8) is 0 Å². The lowest BCUT2D eigenvalue weighted by atomic mass is 10.1. The van der Waals surface area contributed by atoms with Crippen molar-refractivity contribution >= 4 is 45.0 Å². The maximum Gasteiger partial charge on any atom is 0.262 e. The predicted octanol–water partition coefficient (Wildman–Crippen LogP) is 3.44. The van der Waals surface area contributed by atoms with E-state index in [1.54, 1.807) is 11.0 Å². The van der Waals surface area contributed by atoms with Crippen LogP contribution >= 0.6 is 11.8 Å². The van der Waals surface area contributed by atoms with E-state index >= 15 is 0 Å². The standard InChI is InChI=1S/C21H21F2N3O4S2/c22-14-3-5-17(16(23)10-14)25-32(29,30)15-4-6-19-18(11-15)24-21(28)13(12-31-19)9-20(27)26-7-1-2-8-26/h3-6,10-11,13,25H,1-2,7-9,12H2,(H,24,28). The van der Waals surface area contributed by atoms with Gasteiger partial charge in [0.2, 0.25) is 11.8 Å². The molecule has 2 aromatic rings. The summed E-state index contributed by atoms with van der Waals surface area (Å²) in [6.45, 7) is 1.42. The number of fused-ring (bicyclic) bond motifs is 1. The molecule has 2 aliphatic heterocycles. The van der Waals surface area contributed by atoms with E-state index in [2.05, 4.69) is 10.0 Å². The summed E-state index contributed by atoms with van der Waals surface area (Å²) in [6.07, 6.45) is 2.04. The zero-order valence-electron chi connectivity index (χ0n) is 16.9. The average molecular weight is 482 g/mol. The molecule has 0 radical (unpaired) electrons. The van der Waals surface area contributed by atoms with Crippen molar-refractivity contribution in [3.8, 4) is 0 Å². The molecule has 0 aromatic heterocycles. The van der Waals surface area contributed by atoms with Crippen molar-refractivity contribution in [2.45, 2.75) is 29.1 Å². The molecule has 170 valence electrons. The molecule has 0 aliphatic carbocycles.